The number of aliphatic carboxylic acids is 1. The minimum Gasteiger partial charge on any atom is -0.508 e. The molecule has 30 heteroatoms. The number of carboxylic acids is 1. The van der Waals surface area contributed by atoms with Gasteiger partial charge in [0.25, 0.3) is 0 Å². The van der Waals surface area contributed by atoms with Crippen LogP contribution in [0.4, 0.5) is 4.79 Å². The summed E-state index contributed by atoms with van der Waals surface area (Å²) in [7, 11) is 0. The highest BCUT2D eigenvalue weighted by Gasteiger charge is 2.44. The van der Waals surface area contributed by atoms with Gasteiger partial charge in [-0.2, -0.15) is 25.3 Å². The van der Waals surface area contributed by atoms with Gasteiger partial charge in [-0.15, -0.1) is 0 Å². The van der Waals surface area contributed by atoms with E-state index in [-0.39, 0.29) is 88.6 Å². The van der Waals surface area contributed by atoms with Crippen molar-refractivity contribution in [3.63, 3.8) is 0 Å². The molecule has 4 aromatic carbocycles. The molecule has 4 aromatic rings. The summed E-state index contributed by atoms with van der Waals surface area (Å²) in [4.78, 5) is 184. The van der Waals surface area contributed by atoms with Gasteiger partial charge < -0.3 is 73.9 Å². The van der Waals surface area contributed by atoms with Gasteiger partial charge >= 0.3 is 12.1 Å². The van der Waals surface area contributed by atoms with Crippen molar-refractivity contribution in [3.05, 3.63) is 138 Å². The zero-order valence-corrected chi connectivity index (χ0v) is 57.0. The molecule has 1 fully saturated rings. The number of primary amides is 3. The van der Waals surface area contributed by atoms with Crippen molar-refractivity contribution in [2.45, 2.75) is 166 Å². The fraction of sp³-hybridized carbons (Fsp3) is 0.456. The Hall–Kier alpha value is -9.71. The van der Waals surface area contributed by atoms with E-state index in [1.165, 1.54) is 34.1 Å². The molecule has 0 radical (unpaired) electrons. The van der Waals surface area contributed by atoms with Crippen LogP contribution >= 0.6 is 25.3 Å². The van der Waals surface area contributed by atoms with Crippen LogP contribution in [0.1, 0.15) is 108 Å². The van der Waals surface area contributed by atoms with Gasteiger partial charge in [0.2, 0.25) is 65.0 Å². The Morgan fingerprint density at radius 1 is 0.571 bits per heavy atom. The van der Waals surface area contributed by atoms with Crippen LogP contribution in [0.25, 0.3) is 0 Å². The van der Waals surface area contributed by atoms with Crippen LogP contribution in [-0.4, -0.2) is 174 Å². The van der Waals surface area contributed by atoms with Crippen LogP contribution in [-0.2, 0) is 88.4 Å². The topological polar surface area (TPSA) is 432 Å². The smallest absolute Gasteiger partial charge is 0.411 e. The number of likely N-dealkylation sites (tertiary alicyclic amines) is 1. The number of benzene rings is 4. The average Bonchev–Trinajstić information content (AvgIpc) is 1.44. The molecular formula is C68H90N12O16S2. The van der Waals surface area contributed by atoms with Crippen molar-refractivity contribution >= 4 is 102 Å². The summed E-state index contributed by atoms with van der Waals surface area (Å²) < 4.78 is 5.70. The van der Waals surface area contributed by atoms with E-state index in [0.29, 0.717) is 22.3 Å². The third-order valence-electron chi connectivity index (χ3n) is 16.4. The highest BCUT2D eigenvalue weighted by atomic mass is 32.1. The summed E-state index contributed by atoms with van der Waals surface area (Å²) in [5.41, 5.74) is 18.8. The van der Waals surface area contributed by atoms with Crippen LogP contribution in [0.3, 0.4) is 0 Å². The Morgan fingerprint density at radius 2 is 1.07 bits per heavy atom. The van der Waals surface area contributed by atoms with Crippen LogP contribution in [0.2, 0.25) is 0 Å². The Bertz CT molecular complexity index is 3390. The first-order valence-electron chi connectivity index (χ1n) is 32.2. The fourth-order valence-electron chi connectivity index (χ4n) is 10.9. The second-order valence-electron chi connectivity index (χ2n) is 24.4. The third-order valence-corrected chi connectivity index (χ3v) is 17.1. The molecule has 0 aliphatic carbocycles. The number of carbonyl (C=O) groups excluding carboxylic acids is 12. The number of amides is 12. The molecule has 28 nitrogen and oxygen atoms in total. The molecule has 5 rings (SSSR count). The Labute approximate surface area is 579 Å². The maximum absolute atomic E-state index is 15.3. The predicted octanol–water partition coefficient (Wildman–Crippen LogP) is 1.88. The Kier molecular flexibility index (Phi) is 31.8. The minimum absolute atomic E-state index is 0.0172. The third kappa shape index (κ3) is 24.7. The number of carboxylic acid groups (broad SMARTS) is 1. The van der Waals surface area contributed by atoms with E-state index < -0.39 is 162 Å². The molecule has 12 amide bonds. The molecular weight excluding hydrogens is 1300 g/mol. The number of rotatable bonds is 39. The van der Waals surface area contributed by atoms with Gasteiger partial charge in [-0.25, -0.2) is 9.59 Å². The maximum Gasteiger partial charge on any atom is 0.411 e. The van der Waals surface area contributed by atoms with E-state index in [0.717, 1.165) is 4.90 Å². The highest BCUT2D eigenvalue weighted by Crippen LogP contribution is 2.25. The molecule has 0 aromatic heterocycles. The summed E-state index contributed by atoms with van der Waals surface area (Å²) >= 11 is 9.00. The largest absolute Gasteiger partial charge is 0.508 e. The lowest BCUT2D eigenvalue weighted by Gasteiger charge is -2.37. The van der Waals surface area contributed by atoms with Gasteiger partial charge in [0.15, 0.2) is 0 Å². The maximum atomic E-state index is 15.3. The number of ether oxygens (including phenoxy) is 1. The van der Waals surface area contributed by atoms with Crippen molar-refractivity contribution in [1.29, 1.82) is 0 Å². The summed E-state index contributed by atoms with van der Waals surface area (Å²) in [6.07, 6.45) is -3.03. The molecule has 0 saturated carbocycles. The predicted molar refractivity (Wildman–Crippen MR) is 366 cm³/mol. The number of phenols is 1. The lowest BCUT2D eigenvalue weighted by atomic mass is 9.96. The number of thiol groups is 2. The van der Waals surface area contributed by atoms with E-state index in [1.54, 1.807) is 119 Å². The molecule has 530 valence electrons. The van der Waals surface area contributed by atoms with Crippen molar-refractivity contribution in [3.8, 4) is 5.75 Å². The summed E-state index contributed by atoms with van der Waals surface area (Å²) in [5, 5.41) is 35.5. The lowest BCUT2D eigenvalue weighted by Crippen LogP contribution is -2.62. The number of hydrogen-bond donors (Lipinski definition) is 13. The molecule has 1 heterocycles. The normalized spacial score (nSPS) is 15.4. The summed E-state index contributed by atoms with van der Waals surface area (Å²) in [6.45, 7) is 6.24. The van der Waals surface area contributed by atoms with E-state index in [9.17, 15) is 63.0 Å². The highest BCUT2D eigenvalue weighted by molar-refractivity contribution is 7.80. The van der Waals surface area contributed by atoms with E-state index in [1.807, 2.05) is 0 Å². The molecule has 1 aliphatic rings. The second kappa shape index (κ2) is 39.5. The molecule has 10 atom stereocenters. The quantitative estimate of drug-likeness (QED) is 0.0284. The molecule has 0 bridgehead atoms. The number of carbonyl (C=O) groups is 13. The van der Waals surface area contributed by atoms with Crippen molar-refractivity contribution in [2.24, 2.45) is 29.0 Å². The zero-order chi connectivity index (χ0) is 72.2. The SMILES string of the molecule is CC[C@H](C)[C@H](NC(=O)[C@H](Cc1ccc(O)cc1)NC(=O)[C@H](CS)N(Cc1ccccc1)C(=O)OCc1ccccc1)C(=O)N[C@@H](CCC(N)=O)C(=O)N[C@@H](CC(N)=O)C(=O)N(Cc1ccccc1)[C@@H](CS)C(=O)N1CCC[C@H]1C(=O)N[C@@H](CC(C)C)C(=O)N[C@@H](CCC(N)=O)C(=O)O. The van der Waals surface area contributed by atoms with Crippen LogP contribution in [0.5, 0.6) is 5.75 Å². The molecule has 1 saturated heterocycles. The number of nitrogens with two attached hydrogens (primary N) is 3. The van der Waals surface area contributed by atoms with E-state index in [2.05, 4.69) is 57.2 Å². The second-order valence-corrected chi connectivity index (χ2v) is 25.1. The number of phenolic OH excluding ortho intramolecular Hbond substituents is 1. The van der Waals surface area contributed by atoms with Crippen LogP contribution in [0.15, 0.2) is 115 Å². The first kappa shape index (κ1) is 79.0. The van der Waals surface area contributed by atoms with Crippen LogP contribution in [0, 0.1) is 11.8 Å². The van der Waals surface area contributed by atoms with Gasteiger partial charge in [-0.1, -0.05) is 137 Å². The standard InChI is InChI=1S/C68H90N12O16S2/c1-5-41(4)58(77-61(87)50(33-42-23-25-46(81)26-24-42)75-63(89)53(38-97)80(36-44-18-11-7-12-19-44)68(95)96-37-45-20-13-8-14-21-45)64(90)72-47(27-29-55(69)82)59(85)76-51(34-57(71)84)65(91)79(35-43-16-9-6-10-17-43)54(39-98)66(92)78-31-15-22-52(78)62(88)74-49(32-40(2)3)60(86)73-48(67(93)94)28-30-56(70)83/h6-14,16-21,23-26,40-41,47-54,58,81,97-98H,5,15,22,27-39H2,1-4H3,(H2,69,82)(H2,70,83)(H2,71,84)(H,72,90)(H,73,86)(H,74,88)(H,75,89)(H,76,85)(H,77,87)(H,93,94)/t41-,47-,48-,49-,50-,51-,52-,53-,54-,58-/m0/s1. The first-order valence-corrected chi connectivity index (χ1v) is 33.5. The Balaban J connectivity index is 1.44. The van der Waals surface area contributed by atoms with E-state index in [4.69, 9.17) is 21.9 Å². The number of nitrogens with zero attached hydrogens (tertiary/aromatic N) is 3. The average molecular weight is 1400 g/mol. The van der Waals surface area contributed by atoms with Gasteiger partial charge in [-0.05, 0) is 78.3 Å². The van der Waals surface area contributed by atoms with Gasteiger partial charge in [0.1, 0.15) is 66.7 Å². The summed E-state index contributed by atoms with van der Waals surface area (Å²) in [5.74, 6) is -13.3. The van der Waals surface area contributed by atoms with Gasteiger partial charge in [-0.3, -0.25) is 57.6 Å². The zero-order valence-electron chi connectivity index (χ0n) is 55.2. The molecule has 98 heavy (non-hydrogen) atoms. The number of nitrogens with one attached hydrogen (secondary N) is 6. The van der Waals surface area contributed by atoms with Gasteiger partial charge in [0, 0.05) is 50.4 Å². The van der Waals surface area contributed by atoms with Crippen LogP contribution < -0.4 is 49.1 Å². The fourth-order valence-corrected chi connectivity index (χ4v) is 11.6. The first-order chi connectivity index (χ1) is 46.6. The van der Waals surface area contributed by atoms with E-state index >= 15 is 9.59 Å². The van der Waals surface area contributed by atoms with Crippen molar-refractivity contribution < 1.29 is 77.3 Å². The molecule has 0 unspecified atom stereocenters. The number of hydrogen-bond acceptors (Lipinski definition) is 17. The molecule has 1 aliphatic heterocycles. The summed E-state index contributed by atoms with van der Waals surface area (Å²) in [6, 6.07) is 18.1. The van der Waals surface area contributed by atoms with Gasteiger partial charge in [0.05, 0.1) is 6.42 Å². The number of aromatic hydroxyl groups is 1. The monoisotopic (exact) mass is 1390 g/mol. The Morgan fingerprint density at radius 3 is 1.59 bits per heavy atom. The minimum atomic E-state index is -1.89. The lowest BCUT2D eigenvalue weighted by molar-refractivity contribution is -0.150. The van der Waals surface area contributed by atoms with Crippen molar-refractivity contribution in [1.82, 2.24) is 46.6 Å². The molecule has 0 spiro atoms. The molecule has 14 N–H and O–H groups in total. The van der Waals surface area contributed by atoms with Crippen molar-refractivity contribution in [2.75, 3.05) is 18.1 Å².